The van der Waals surface area contributed by atoms with Gasteiger partial charge in [0.1, 0.15) is 12.4 Å². The molecule has 4 aromatic rings. The van der Waals surface area contributed by atoms with Crippen LogP contribution in [0.2, 0.25) is 0 Å². The van der Waals surface area contributed by atoms with Gasteiger partial charge in [-0.1, -0.05) is 36.4 Å². The first-order chi connectivity index (χ1) is 14.7. The van der Waals surface area contributed by atoms with E-state index in [9.17, 15) is 4.79 Å². The molecule has 0 unspecified atom stereocenters. The van der Waals surface area contributed by atoms with Crippen molar-refractivity contribution >= 4 is 10.9 Å². The lowest BCUT2D eigenvalue weighted by atomic mass is 10.1. The lowest BCUT2D eigenvalue weighted by Gasteiger charge is -2.12. The van der Waals surface area contributed by atoms with Crippen molar-refractivity contribution in [3.8, 4) is 28.3 Å². The quantitative estimate of drug-likeness (QED) is 0.515. The number of benzene rings is 2. The molecule has 6 heteroatoms. The Balaban J connectivity index is 1.44. The van der Waals surface area contributed by atoms with Crippen LogP contribution < -0.4 is 10.4 Å². The largest absolute Gasteiger partial charge is 0.489 e. The monoisotopic (exact) mass is 396 g/mol. The number of rotatable bonds is 5. The number of aromatic nitrogens is 4. The van der Waals surface area contributed by atoms with Crippen LogP contribution in [0.25, 0.3) is 33.4 Å². The van der Waals surface area contributed by atoms with Gasteiger partial charge in [0, 0.05) is 16.5 Å². The zero-order chi connectivity index (χ0) is 20.3. The third kappa shape index (κ3) is 3.80. The maximum Gasteiger partial charge on any atom is 0.345 e. The highest BCUT2D eigenvalue weighted by Gasteiger charge is 2.09. The van der Waals surface area contributed by atoms with Gasteiger partial charge in [0.2, 0.25) is 0 Å². The van der Waals surface area contributed by atoms with Crippen LogP contribution >= 0.6 is 0 Å². The van der Waals surface area contributed by atoms with Crippen molar-refractivity contribution in [1.82, 2.24) is 20.2 Å². The lowest BCUT2D eigenvalue weighted by molar-refractivity contribution is 0.347. The molecule has 0 radical (unpaired) electrons. The number of nitrogens with one attached hydrogen (secondary N) is 2. The van der Waals surface area contributed by atoms with Gasteiger partial charge in [0.15, 0.2) is 0 Å². The summed E-state index contributed by atoms with van der Waals surface area (Å²) in [5.74, 6) is 0.766. The first-order valence-corrected chi connectivity index (χ1v) is 9.87. The summed E-state index contributed by atoms with van der Waals surface area (Å²) in [7, 11) is 0. The number of nitrogens with zero attached hydrogens (tertiary/aromatic N) is 2. The van der Waals surface area contributed by atoms with Crippen LogP contribution in [0.4, 0.5) is 0 Å². The zero-order valence-electron chi connectivity index (χ0n) is 16.3. The summed E-state index contributed by atoms with van der Waals surface area (Å²) in [6, 6.07) is 15.5. The highest BCUT2D eigenvalue weighted by Crippen LogP contribution is 2.27. The molecule has 6 nitrogen and oxygen atoms in total. The molecule has 0 saturated heterocycles. The Kier molecular flexibility index (Phi) is 4.73. The van der Waals surface area contributed by atoms with Gasteiger partial charge in [-0.2, -0.15) is 10.1 Å². The average molecular weight is 396 g/mol. The van der Waals surface area contributed by atoms with Crippen LogP contribution in [0.3, 0.4) is 0 Å². The summed E-state index contributed by atoms with van der Waals surface area (Å²) < 4.78 is 5.97. The van der Waals surface area contributed by atoms with E-state index in [0.717, 1.165) is 40.6 Å². The summed E-state index contributed by atoms with van der Waals surface area (Å²) in [6.07, 6.45) is 10.2. The van der Waals surface area contributed by atoms with Crippen molar-refractivity contribution in [3.63, 3.8) is 0 Å². The zero-order valence-corrected chi connectivity index (χ0v) is 16.3. The second-order valence-electron chi connectivity index (χ2n) is 7.27. The Labute approximate surface area is 173 Å². The molecule has 1 aliphatic carbocycles. The maximum absolute atomic E-state index is 12.3. The average Bonchev–Trinajstić information content (AvgIpc) is 3.26. The molecule has 2 heterocycles. The molecule has 0 saturated carbocycles. The van der Waals surface area contributed by atoms with Crippen molar-refractivity contribution in [2.45, 2.75) is 12.8 Å². The summed E-state index contributed by atoms with van der Waals surface area (Å²) >= 11 is 0. The van der Waals surface area contributed by atoms with Crippen LogP contribution in [0, 0.1) is 0 Å². The predicted molar refractivity (Wildman–Crippen MR) is 117 cm³/mol. The molecular formula is C24H20N4O2. The fourth-order valence-corrected chi connectivity index (χ4v) is 3.57. The molecule has 0 amide bonds. The number of fused-ring (bicyclic) bond motifs is 1. The first-order valence-electron chi connectivity index (χ1n) is 9.87. The Bertz CT molecular complexity index is 1330. The van der Waals surface area contributed by atoms with E-state index in [1.54, 1.807) is 6.20 Å². The molecule has 0 aliphatic heterocycles. The topological polar surface area (TPSA) is 83.7 Å². The van der Waals surface area contributed by atoms with E-state index in [1.807, 2.05) is 48.5 Å². The molecule has 0 atom stereocenters. The van der Waals surface area contributed by atoms with E-state index in [0.29, 0.717) is 18.0 Å². The van der Waals surface area contributed by atoms with Gasteiger partial charge < -0.3 is 9.72 Å². The highest BCUT2D eigenvalue weighted by molar-refractivity contribution is 5.83. The maximum atomic E-state index is 12.3. The van der Waals surface area contributed by atoms with E-state index >= 15 is 0 Å². The second-order valence-corrected chi connectivity index (χ2v) is 7.27. The minimum absolute atomic E-state index is 0.389. The number of ether oxygens (including phenoxy) is 1. The Morgan fingerprint density at radius 1 is 1.07 bits per heavy atom. The normalized spacial score (nSPS) is 13.4. The molecule has 0 bridgehead atoms. The first kappa shape index (κ1) is 18.1. The van der Waals surface area contributed by atoms with E-state index in [1.165, 1.54) is 5.57 Å². The SMILES string of the molecule is O=c1nc(-c2ccc3[nH]ncc3c2)cc(-c2cccc(OCC3=CC=CCC3)c2)[nH]1. The fraction of sp³-hybridized carbons (Fsp3) is 0.125. The van der Waals surface area contributed by atoms with Gasteiger partial charge in [0.05, 0.1) is 23.1 Å². The van der Waals surface area contributed by atoms with Crippen LogP contribution in [-0.4, -0.2) is 26.8 Å². The summed E-state index contributed by atoms with van der Waals surface area (Å²) in [4.78, 5) is 19.2. The molecule has 2 aromatic carbocycles. The molecule has 1 aliphatic rings. The molecule has 2 N–H and O–H groups in total. The van der Waals surface area contributed by atoms with Crippen molar-refractivity contribution in [1.29, 1.82) is 0 Å². The minimum atomic E-state index is -0.389. The smallest absolute Gasteiger partial charge is 0.345 e. The highest BCUT2D eigenvalue weighted by atomic mass is 16.5. The van der Waals surface area contributed by atoms with Crippen LogP contribution in [-0.2, 0) is 0 Å². The van der Waals surface area contributed by atoms with Gasteiger partial charge in [0.25, 0.3) is 0 Å². The van der Waals surface area contributed by atoms with Gasteiger partial charge in [-0.3, -0.25) is 5.10 Å². The van der Waals surface area contributed by atoms with Crippen LogP contribution in [0.15, 0.2) is 83.3 Å². The second kappa shape index (κ2) is 7.83. The number of hydrogen-bond donors (Lipinski definition) is 2. The molecule has 30 heavy (non-hydrogen) atoms. The molecular weight excluding hydrogens is 376 g/mol. The Morgan fingerprint density at radius 2 is 2.03 bits per heavy atom. The minimum Gasteiger partial charge on any atom is -0.489 e. The predicted octanol–water partition coefficient (Wildman–Crippen LogP) is 4.64. The molecule has 2 aromatic heterocycles. The van der Waals surface area contributed by atoms with Gasteiger partial charge in [-0.05, 0) is 48.7 Å². The summed E-state index contributed by atoms with van der Waals surface area (Å²) in [5.41, 5.74) is 4.87. The number of hydrogen-bond acceptors (Lipinski definition) is 4. The summed E-state index contributed by atoms with van der Waals surface area (Å²) in [5, 5.41) is 7.94. The van der Waals surface area contributed by atoms with Gasteiger partial charge in [-0.15, -0.1) is 0 Å². The van der Waals surface area contributed by atoms with E-state index < -0.39 is 0 Å². The van der Waals surface area contributed by atoms with E-state index in [-0.39, 0.29) is 5.69 Å². The third-order valence-corrected chi connectivity index (χ3v) is 5.15. The van der Waals surface area contributed by atoms with Gasteiger partial charge >= 0.3 is 5.69 Å². The van der Waals surface area contributed by atoms with Crippen molar-refractivity contribution in [3.05, 3.63) is 89.0 Å². The van der Waals surface area contributed by atoms with Crippen molar-refractivity contribution < 1.29 is 4.74 Å². The molecule has 148 valence electrons. The van der Waals surface area contributed by atoms with E-state index in [4.69, 9.17) is 4.74 Å². The Morgan fingerprint density at radius 3 is 2.93 bits per heavy atom. The van der Waals surface area contributed by atoms with Crippen molar-refractivity contribution in [2.75, 3.05) is 6.61 Å². The van der Waals surface area contributed by atoms with Crippen LogP contribution in [0.1, 0.15) is 12.8 Å². The molecule has 5 rings (SSSR count). The van der Waals surface area contributed by atoms with E-state index in [2.05, 4.69) is 38.4 Å². The van der Waals surface area contributed by atoms with Crippen molar-refractivity contribution in [2.24, 2.45) is 0 Å². The lowest BCUT2D eigenvalue weighted by Crippen LogP contribution is -2.12. The molecule has 0 spiro atoms. The number of aromatic amines is 2. The van der Waals surface area contributed by atoms with Gasteiger partial charge in [-0.25, -0.2) is 4.79 Å². The Hall–Kier alpha value is -3.93. The standard InChI is InChI=1S/C24H20N4O2/c29-24-26-22(13-23(27-24)18-9-10-21-19(11-18)14-25-28-21)17-7-4-8-20(12-17)30-15-16-5-2-1-3-6-16/h1-2,4-5,7-14H,3,6,15H2,(H,25,28)(H,26,27,29). The number of allylic oxidation sites excluding steroid dienone is 3. The summed E-state index contributed by atoms with van der Waals surface area (Å²) in [6.45, 7) is 0.566. The molecule has 0 fully saturated rings. The third-order valence-electron chi connectivity index (χ3n) is 5.15. The van der Waals surface area contributed by atoms with Crippen LogP contribution in [0.5, 0.6) is 5.75 Å². The fourth-order valence-electron chi connectivity index (χ4n) is 3.57. The number of H-pyrrole nitrogens is 2.